The molecule has 16 heavy (non-hydrogen) atoms. The second-order valence-electron chi connectivity index (χ2n) is 4.30. The van der Waals surface area contributed by atoms with E-state index in [4.69, 9.17) is 4.42 Å². The minimum atomic E-state index is 0.673. The van der Waals surface area contributed by atoms with Gasteiger partial charge in [-0.2, -0.15) is 11.8 Å². The van der Waals surface area contributed by atoms with Crippen LogP contribution in [0.1, 0.15) is 31.4 Å². The fraction of sp³-hybridized carbons (Fsp3) is 0.667. The molecule has 1 aromatic rings. The fourth-order valence-electron chi connectivity index (χ4n) is 2.19. The maximum absolute atomic E-state index is 5.47. The van der Waals surface area contributed by atoms with Crippen LogP contribution in [0.3, 0.4) is 0 Å². The average Bonchev–Trinajstić information content (AvgIpc) is 2.73. The van der Waals surface area contributed by atoms with Crippen molar-refractivity contribution in [3.8, 4) is 0 Å². The molecule has 1 fully saturated rings. The van der Waals surface area contributed by atoms with Crippen molar-refractivity contribution < 1.29 is 4.42 Å². The topological polar surface area (TPSA) is 25.2 Å². The van der Waals surface area contributed by atoms with Gasteiger partial charge in [0.15, 0.2) is 4.67 Å². The van der Waals surface area contributed by atoms with Gasteiger partial charge in [0.2, 0.25) is 0 Å². The molecule has 0 saturated heterocycles. The smallest absolute Gasteiger partial charge is 0.169 e. The highest BCUT2D eigenvalue weighted by Gasteiger charge is 2.19. The number of thioether (sulfide) groups is 1. The molecule has 0 unspecified atom stereocenters. The lowest BCUT2D eigenvalue weighted by molar-refractivity contribution is 0.359. The van der Waals surface area contributed by atoms with Crippen molar-refractivity contribution in [2.24, 2.45) is 0 Å². The van der Waals surface area contributed by atoms with Crippen LogP contribution in [0.15, 0.2) is 21.2 Å². The average molecular weight is 304 g/mol. The number of hydrogen-bond acceptors (Lipinski definition) is 3. The first-order valence-corrected chi connectivity index (χ1v) is 7.86. The minimum absolute atomic E-state index is 0.673. The molecule has 0 bridgehead atoms. The largest absolute Gasteiger partial charge is 0.453 e. The van der Waals surface area contributed by atoms with Crippen LogP contribution in [0.4, 0.5) is 0 Å². The predicted octanol–water partition coefficient (Wildman–Crippen LogP) is 3.81. The summed E-state index contributed by atoms with van der Waals surface area (Å²) < 4.78 is 6.28. The van der Waals surface area contributed by atoms with Crippen LogP contribution >= 0.6 is 27.7 Å². The third-order valence-corrected chi connectivity index (χ3v) is 4.77. The zero-order valence-corrected chi connectivity index (χ0v) is 11.9. The Bertz CT molecular complexity index is 321. The molecule has 1 aliphatic rings. The number of nitrogens with one attached hydrogen (secondary N) is 1. The van der Waals surface area contributed by atoms with Crippen molar-refractivity contribution in [2.75, 3.05) is 6.26 Å². The van der Waals surface area contributed by atoms with Crippen LogP contribution in [0.5, 0.6) is 0 Å². The molecule has 0 atom stereocenters. The first-order chi connectivity index (χ1) is 7.78. The van der Waals surface area contributed by atoms with Crippen molar-refractivity contribution in [1.82, 2.24) is 5.32 Å². The Morgan fingerprint density at radius 1 is 1.38 bits per heavy atom. The summed E-state index contributed by atoms with van der Waals surface area (Å²) >= 11 is 5.33. The highest BCUT2D eigenvalue weighted by Crippen LogP contribution is 2.27. The Kier molecular flexibility index (Phi) is 4.79. The molecule has 1 heterocycles. The van der Waals surface area contributed by atoms with Gasteiger partial charge in [0, 0.05) is 11.3 Å². The molecule has 0 amide bonds. The molecule has 1 aliphatic carbocycles. The molecule has 2 nitrogen and oxygen atoms in total. The van der Waals surface area contributed by atoms with E-state index in [0.29, 0.717) is 6.04 Å². The number of halogens is 1. The van der Waals surface area contributed by atoms with Gasteiger partial charge in [-0.15, -0.1) is 0 Å². The lowest BCUT2D eigenvalue weighted by atomic mass is 9.95. The van der Waals surface area contributed by atoms with E-state index in [9.17, 15) is 0 Å². The van der Waals surface area contributed by atoms with Gasteiger partial charge in [-0.25, -0.2) is 0 Å². The van der Waals surface area contributed by atoms with Crippen LogP contribution in [-0.2, 0) is 6.54 Å². The van der Waals surface area contributed by atoms with Gasteiger partial charge in [-0.3, -0.25) is 0 Å². The Morgan fingerprint density at radius 3 is 2.69 bits per heavy atom. The van der Waals surface area contributed by atoms with E-state index in [1.54, 1.807) is 0 Å². The Hall–Kier alpha value is 0.0700. The molecule has 2 rings (SSSR count). The molecular formula is C12H18BrNOS. The fourth-order valence-corrected chi connectivity index (χ4v) is 3.28. The number of hydrogen-bond donors (Lipinski definition) is 1. The van der Waals surface area contributed by atoms with Crippen molar-refractivity contribution in [3.63, 3.8) is 0 Å². The number of rotatable bonds is 4. The zero-order chi connectivity index (χ0) is 11.4. The van der Waals surface area contributed by atoms with Crippen molar-refractivity contribution >= 4 is 27.7 Å². The lowest BCUT2D eigenvalue weighted by Crippen LogP contribution is -2.33. The molecule has 4 heteroatoms. The number of furan rings is 1. The Morgan fingerprint density at radius 2 is 2.12 bits per heavy atom. The summed E-state index contributed by atoms with van der Waals surface area (Å²) in [6.07, 6.45) is 7.51. The predicted molar refractivity (Wildman–Crippen MR) is 72.8 cm³/mol. The Balaban J connectivity index is 1.71. The molecule has 1 saturated carbocycles. The molecule has 1 aromatic heterocycles. The van der Waals surface area contributed by atoms with Crippen molar-refractivity contribution in [3.05, 3.63) is 22.6 Å². The van der Waals surface area contributed by atoms with Gasteiger partial charge in [-0.1, -0.05) is 0 Å². The molecule has 1 N–H and O–H groups in total. The van der Waals surface area contributed by atoms with E-state index in [1.807, 2.05) is 23.9 Å². The van der Waals surface area contributed by atoms with Crippen molar-refractivity contribution in [1.29, 1.82) is 0 Å². The monoisotopic (exact) mass is 303 g/mol. The third kappa shape index (κ3) is 3.54. The first kappa shape index (κ1) is 12.5. The van der Waals surface area contributed by atoms with Gasteiger partial charge >= 0.3 is 0 Å². The summed E-state index contributed by atoms with van der Waals surface area (Å²) in [5.41, 5.74) is 0. The van der Waals surface area contributed by atoms with Gasteiger partial charge in [-0.05, 0) is 60.0 Å². The van der Waals surface area contributed by atoms with Crippen LogP contribution < -0.4 is 5.32 Å². The molecular weight excluding hydrogens is 286 g/mol. The normalized spacial score (nSPS) is 25.9. The van der Waals surface area contributed by atoms with Crippen LogP contribution in [-0.4, -0.2) is 17.5 Å². The quantitative estimate of drug-likeness (QED) is 0.916. The standard InChI is InChI=1S/C12H18BrNOS/c1-16-11-5-2-9(3-6-11)14-8-10-4-7-12(13)15-10/h4,7,9,11,14H,2-3,5-6,8H2,1H3. The SMILES string of the molecule is CSC1CCC(NCc2ccc(Br)o2)CC1. The first-order valence-electron chi connectivity index (χ1n) is 5.78. The van der Waals surface area contributed by atoms with Crippen LogP contribution in [0.2, 0.25) is 0 Å². The summed E-state index contributed by atoms with van der Waals surface area (Å²) in [6.45, 7) is 0.847. The van der Waals surface area contributed by atoms with Crippen molar-refractivity contribution in [2.45, 2.75) is 43.5 Å². The lowest BCUT2D eigenvalue weighted by Gasteiger charge is -2.27. The van der Waals surface area contributed by atoms with E-state index in [2.05, 4.69) is 27.5 Å². The highest BCUT2D eigenvalue weighted by molar-refractivity contribution is 9.10. The van der Waals surface area contributed by atoms with E-state index in [0.717, 1.165) is 22.2 Å². The van der Waals surface area contributed by atoms with Gasteiger partial charge in [0.25, 0.3) is 0 Å². The minimum Gasteiger partial charge on any atom is -0.453 e. The summed E-state index contributed by atoms with van der Waals surface area (Å²) in [4.78, 5) is 0. The summed E-state index contributed by atoms with van der Waals surface area (Å²) in [6, 6.07) is 4.64. The van der Waals surface area contributed by atoms with E-state index in [1.165, 1.54) is 25.7 Å². The highest BCUT2D eigenvalue weighted by atomic mass is 79.9. The summed E-state index contributed by atoms with van der Waals surface area (Å²) in [7, 11) is 0. The summed E-state index contributed by atoms with van der Waals surface area (Å²) in [5.74, 6) is 1.01. The van der Waals surface area contributed by atoms with Gasteiger partial charge in [0.05, 0.1) is 6.54 Å². The van der Waals surface area contributed by atoms with Crippen LogP contribution in [0, 0.1) is 0 Å². The maximum Gasteiger partial charge on any atom is 0.169 e. The second-order valence-corrected chi connectivity index (χ2v) is 6.22. The van der Waals surface area contributed by atoms with Gasteiger partial charge < -0.3 is 9.73 Å². The summed E-state index contributed by atoms with van der Waals surface area (Å²) in [5, 5.41) is 4.46. The zero-order valence-electron chi connectivity index (χ0n) is 9.54. The Labute approximate surface area is 110 Å². The maximum atomic E-state index is 5.47. The molecule has 0 radical (unpaired) electrons. The molecule has 0 spiro atoms. The van der Waals surface area contributed by atoms with E-state index >= 15 is 0 Å². The van der Waals surface area contributed by atoms with Crippen LogP contribution in [0.25, 0.3) is 0 Å². The van der Waals surface area contributed by atoms with E-state index in [-0.39, 0.29) is 0 Å². The molecule has 90 valence electrons. The van der Waals surface area contributed by atoms with E-state index < -0.39 is 0 Å². The third-order valence-electron chi connectivity index (χ3n) is 3.20. The molecule has 0 aliphatic heterocycles. The van der Waals surface area contributed by atoms with Gasteiger partial charge in [0.1, 0.15) is 5.76 Å². The second kappa shape index (κ2) is 6.12. The molecule has 0 aromatic carbocycles.